The molecule has 3 saturated carbocycles. The van der Waals surface area contributed by atoms with E-state index in [1.807, 2.05) is 6.08 Å². The average Bonchev–Trinajstić information content (AvgIpc) is 2.83. The molecule has 4 heteroatoms. The number of Topliss-reactive ketones (excluding diaryl/α,β-unsaturated/α-hetero) is 1. The minimum Gasteiger partial charge on any atom is -0.446 e. The van der Waals surface area contributed by atoms with Gasteiger partial charge in [-0.1, -0.05) is 26.0 Å². The highest BCUT2D eigenvalue weighted by atomic mass is 16.6. The Balaban J connectivity index is 1.75. The second-order valence-corrected chi connectivity index (χ2v) is 10.1. The number of rotatable bonds is 2. The molecule has 4 nitrogen and oxygen atoms in total. The molecule has 0 heterocycles. The van der Waals surface area contributed by atoms with Crippen molar-refractivity contribution in [3.63, 3.8) is 0 Å². The third-order valence-electron chi connectivity index (χ3n) is 8.91. The van der Waals surface area contributed by atoms with Crippen LogP contribution in [-0.4, -0.2) is 23.1 Å². The van der Waals surface area contributed by atoms with Gasteiger partial charge < -0.3 is 4.74 Å². The first-order valence-corrected chi connectivity index (χ1v) is 10.7. The van der Waals surface area contributed by atoms with E-state index in [9.17, 15) is 14.4 Å². The molecule has 4 aliphatic carbocycles. The van der Waals surface area contributed by atoms with Crippen molar-refractivity contribution in [2.45, 2.75) is 78.2 Å². The second-order valence-electron chi connectivity index (χ2n) is 10.1. The van der Waals surface area contributed by atoms with Gasteiger partial charge in [-0.15, -0.1) is 0 Å². The summed E-state index contributed by atoms with van der Waals surface area (Å²) >= 11 is 0. The summed E-state index contributed by atoms with van der Waals surface area (Å²) in [5, 5.41) is 0. The summed E-state index contributed by atoms with van der Waals surface area (Å²) in [5.41, 5.74) is 0.609. The first-order valence-electron chi connectivity index (χ1n) is 10.7. The molecule has 0 amide bonds. The molecule has 152 valence electrons. The number of ketones is 2. The standard InChI is InChI=1S/C24H32O4/c1-14-12-21-19-7-6-17-13-18(27)8-10-22(17,4)20(19)9-11-23(21,5)24(14,15(2)25)28-16(3)26/h13,19-21H,1,6-12H2,2-5H3/t19-,20+,21+,22+,23+,24-/m1/s1. The second kappa shape index (κ2) is 6.14. The van der Waals surface area contributed by atoms with Crippen molar-refractivity contribution in [3.05, 3.63) is 23.8 Å². The Morgan fingerprint density at radius 3 is 2.46 bits per heavy atom. The highest BCUT2D eigenvalue weighted by Gasteiger charge is 2.69. The highest BCUT2D eigenvalue weighted by Crippen LogP contribution is 2.69. The zero-order chi connectivity index (χ0) is 20.5. The zero-order valence-corrected chi connectivity index (χ0v) is 17.6. The van der Waals surface area contributed by atoms with E-state index in [2.05, 4.69) is 20.4 Å². The first-order chi connectivity index (χ1) is 13.1. The fourth-order valence-corrected chi connectivity index (χ4v) is 7.63. The Morgan fingerprint density at radius 1 is 1.11 bits per heavy atom. The summed E-state index contributed by atoms with van der Waals surface area (Å²) in [4.78, 5) is 36.8. The predicted molar refractivity (Wildman–Crippen MR) is 106 cm³/mol. The van der Waals surface area contributed by atoms with Crippen molar-refractivity contribution in [1.29, 1.82) is 0 Å². The number of hydrogen-bond acceptors (Lipinski definition) is 4. The van der Waals surface area contributed by atoms with E-state index < -0.39 is 17.0 Å². The van der Waals surface area contributed by atoms with Crippen LogP contribution < -0.4 is 0 Å². The van der Waals surface area contributed by atoms with Gasteiger partial charge in [0.05, 0.1) is 0 Å². The molecule has 3 fully saturated rings. The van der Waals surface area contributed by atoms with Crippen LogP contribution in [0.2, 0.25) is 0 Å². The Hall–Kier alpha value is -1.71. The number of carbonyl (C=O) groups is 3. The molecule has 0 aliphatic heterocycles. The summed E-state index contributed by atoms with van der Waals surface area (Å²) in [6, 6.07) is 0. The van der Waals surface area contributed by atoms with Crippen molar-refractivity contribution >= 4 is 17.5 Å². The van der Waals surface area contributed by atoms with E-state index in [1.54, 1.807) is 6.92 Å². The van der Waals surface area contributed by atoms with Crippen molar-refractivity contribution in [3.8, 4) is 0 Å². The van der Waals surface area contributed by atoms with E-state index in [4.69, 9.17) is 4.74 Å². The number of allylic oxidation sites excluding steroid dienone is 1. The van der Waals surface area contributed by atoms with Gasteiger partial charge in [0.15, 0.2) is 17.2 Å². The molecule has 0 radical (unpaired) electrons. The zero-order valence-electron chi connectivity index (χ0n) is 17.6. The Morgan fingerprint density at radius 2 is 1.82 bits per heavy atom. The van der Waals surface area contributed by atoms with E-state index >= 15 is 0 Å². The van der Waals surface area contributed by atoms with Crippen LogP contribution in [-0.2, 0) is 19.1 Å². The Bertz CT molecular complexity index is 807. The minimum absolute atomic E-state index is 0.0857. The van der Waals surface area contributed by atoms with Gasteiger partial charge >= 0.3 is 5.97 Å². The van der Waals surface area contributed by atoms with Crippen LogP contribution in [0.15, 0.2) is 23.8 Å². The molecular formula is C24H32O4. The normalized spacial score (nSPS) is 44.9. The predicted octanol–water partition coefficient (Wildman–Crippen LogP) is 4.58. The van der Waals surface area contributed by atoms with E-state index in [1.165, 1.54) is 12.5 Å². The Labute approximate surface area is 167 Å². The summed E-state index contributed by atoms with van der Waals surface area (Å²) < 4.78 is 5.83. The van der Waals surface area contributed by atoms with Crippen molar-refractivity contribution in [2.75, 3.05) is 0 Å². The molecule has 0 aromatic carbocycles. The van der Waals surface area contributed by atoms with Crippen molar-refractivity contribution in [2.24, 2.45) is 28.6 Å². The average molecular weight is 385 g/mol. The molecule has 0 N–H and O–H groups in total. The molecule has 0 aromatic heterocycles. The lowest BCUT2D eigenvalue weighted by molar-refractivity contribution is -0.181. The van der Waals surface area contributed by atoms with Gasteiger partial charge in [-0.25, -0.2) is 0 Å². The molecule has 4 rings (SSSR count). The molecule has 0 spiro atoms. The monoisotopic (exact) mass is 384 g/mol. The lowest BCUT2D eigenvalue weighted by Gasteiger charge is -2.58. The maximum absolute atomic E-state index is 12.9. The third-order valence-corrected chi connectivity index (χ3v) is 8.91. The first kappa shape index (κ1) is 19.6. The van der Waals surface area contributed by atoms with Gasteiger partial charge in [0.25, 0.3) is 0 Å². The van der Waals surface area contributed by atoms with Gasteiger partial charge in [-0.3, -0.25) is 14.4 Å². The Kier molecular flexibility index (Phi) is 4.30. The molecule has 0 unspecified atom stereocenters. The van der Waals surface area contributed by atoms with Crippen molar-refractivity contribution < 1.29 is 19.1 Å². The van der Waals surface area contributed by atoms with E-state index in [0.717, 1.165) is 44.1 Å². The van der Waals surface area contributed by atoms with Crippen LogP contribution in [0.25, 0.3) is 0 Å². The summed E-state index contributed by atoms with van der Waals surface area (Å²) in [6.45, 7) is 11.7. The molecule has 4 aliphatic rings. The maximum atomic E-state index is 12.9. The maximum Gasteiger partial charge on any atom is 0.303 e. The summed E-state index contributed by atoms with van der Waals surface area (Å²) in [7, 11) is 0. The molecule has 28 heavy (non-hydrogen) atoms. The summed E-state index contributed by atoms with van der Waals surface area (Å²) in [5.74, 6) is 1.05. The van der Waals surface area contributed by atoms with Crippen LogP contribution in [0.1, 0.15) is 72.6 Å². The lowest BCUT2D eigenvalue weighted by atomic mass is 9.46. The number of carbonyl (C=O) groups excluding carboxylic acids is 3. The lowest BCUT2D eigenvalue weighted by Crippen LogP contribution is -2.59. The molecule has 0 bridgehead atoms. The molecular weight excluding hydrogens is 352 g/mol. The van der Waals surface area contributed by atoms with Crippen LogP contribution in [0, 0.1) is 28.6 Å². The van der Waals surface area contributed by atoms with Crippen LogP contribution in [0.4, 0.5) is 0 Å². The molecule has 0 saturated heterocycles. The largest absolute Gasteiger partial charge is 0.446 e. The number of ether oxygens (including phenoxy) is 1. The molecule has 0 aromatic rings. The summed E-state index contributed by atoms with van der Waals surface area (Å²) in [6.07, 6.45) is 8.10. The van der Waals surface area contributed by atoms with Crippen LogP contribution >= 0.6 is 0 Å². The van der Waals surface area contributed by atoms with Crippen LogP contribution in [0.5, 0.6) is 0 Å². The minimum atomic E-state index is -1.19. The fourth-order valence-electron chi connectivity index (χ4n) is 7.63. The SMILES string of the molecule is C=C1C[C@H]2[C@@H]3CCC4=CC(=O)CC[C@]4(C)[C@H]3CC[C@]2(C)[C@]1(OC(C)=O)C(C)=O. The van der Waals surface area contributed by atoms with Gasteiger partial charge in [0, 0.05) is 18.8 Å². The van der Waals surface area contributed by atoms with Gasteiger partial charge in [-0.2, -0.15) is 0 Å². The van der Waals surface area contributed by atoms with Crippen LogP contribution in [0.3, 0.4) is 0 Å². The third kappa shape index (κ3) is 2.32. The van der Waals surface area contributed by atoms with Crippen molar-refractivity contribution in [1.82, 2.24) is 0 Å². The fraction of sp³-hybridized carbons (Fsp3) is 0.708. The molecule has 6 atom stereocenters. The van der Waals surface area contributed by atoms with Gasteiger partial charge in [0.2, 0.25) is 0 Å². The smallest absolute Gasteiger partial charge is 0.303 e. The topological polar surface area (TPSA) is 60.4 Å². The quantitative estimate of drug-likeness (QED) is 0.517. The van der Waals surface area contributed by atoms with Gasteiger partial charge in [0.1, 0.15) is 0 Å². The number of hydrogen-bond donors (Lipinski definition) is 0. The number of fused-ring (bicyclic) bond motifs is 5. The van der Waals surface area contributed by atoms with Gasteiger partial charge in [-0.05, 0) is 80.3 Å². The van der Waals surface area contributed by atoms with E-state index in [0.29, 0.717) is 18.3 Å². The highest BCUT2D eigenvalue weighted by molar-refractivity contribution is 5.93. The van der Waals surface area contributed by atoms with E-state index in [-0.39, 0.29) is 22.9 Å². The number of esters is 1.